The van der Waals surface area contributed by atoms with Gasteiger partial charge in [0.1, 0.15) is 0 Å². The number of aryl methyl sites for hydroxylation is 2. The van der Waals surface area contributed by atoms with Crippen molar-refractivity contribution in [2.45, 2.75) is 19.0 Å². The lowest BCUT2D eigenvalue weighted by atomic mass is 10.2. The summed E-state index contributed by atoms with van der Waals surface area (Å²) in [6.07, 6.45) is 0. The van der Waals surface area contributed by atoms with Gasteiger partial charge in [0.2, 0.25) is 0 Å². The third kappa shape index (κ3) is 2.99. The van der Waals surface area contributed by atoms with E-state index in [1.165, 1.54) is 4.68 Å². The predicted octanol–water partition coefficient (Wildman–Crippen LogP) is 0.399. The van der Waals surface area contributed by atoms with Crippen LogP contribution in [0.5, 0.6) is 0 Å². The Morgan fingerprint density at radius 3 is 2.57 bits per heavy atom. The topological polar surface area (TPSA) is 89.8 Å². The molecule has 0 aliphatic carbocycles. The molecule has 0 bridgehead atoms. The van der Waals surface area contributed by atoms with Crippen molar-refractivity contribution in [1.29, 1.82) is 0 Å². The van der Waals surface area contributed by atoms with Gasteiger partial charge in [0.05, 0.1) is 5.75 Å². The van der Waals surface area contributed by atoms with Crippen molar-refractivity contribution >= 4 is 17.5 Å². The van der Waals surface area contributed by atoms with Crippen LogP contribution in [0, 0.1) is 13.8 Å². The molecule has 0 unspecified atom stereocenters. The summed E-state index contributed by atoms with van der Waals surface area (Å²) in [6, 6.07) is 1.84. The quantitative estimate of drug-likeness (QED) is 0.501. The fraction of sp³-hybridized carbons (Fsp3) is 0.385. The molecule has 7 nitrogen and oxygen atoms in total. The van der Waals surface area contributed by atoms with Crippen LogP contribution < -0.4 is 11.1 Å². The number of Topliss-reactive ketones (excluding diaryl/α,β-unsaturated/α-hetero) is 1. The minimum atomic E-state index is -0.852. The molecule has 2 heterocycles. The second-order valence-corrected chi connectivity index (χ2v) is 5.70. The van der Waals surface area contributed by atoms with Gasteiger partial charge in [-0.1, -0.05) is 11.8 Å². The molecule has 0 fully saturated rings. The zero-order valence-electron chi connectivity index (χ0n) is 12.3. The molecule has 0 aliphatic heterocycles. The smallest absolute Gasteiger partial charge is 0.339 e. The van der Waals surface area contributed by atoms with Crippen molar-refractivity contribution in [1.82, 2.24) is 19.3 Å². The average Bonchev–Trinajstić information content (AvgIpc) is 2.69. The van der Waals surface area contributed by atoms with Gasteiger partial charge >= 0.3 is 11.1 Å². The van der Waals surface area contributed by atoms with Gasteiger partial charge < -0.3 is 4.57 Å². The van der Waals surface area contributed by atoms with Gasteiger partial charge in [-0.15, -0.1) is 0 Å². The highest BCUT2D eigenvalue weighted by Gasteiger charge is 2.15. The third-order valence-corrected chi connectivity index (χ3v) is 4.39. The molecule has 0 atom stereocenters. The number of nitrogens with zero attached hydrogens (tertiary/aromatic N) is 3. The molecule has 2 aromatic rings. The Morgan fingerprint density at radius 2 is 2.00 bits per heavy atom. The zero-order valence-corrected chi connectivity index (χ0v) is 13.1. The molecule has 2 aromatic heterocycles. The Kier molecular flexibility index (Phi) is 4.17. The van der Waals surface area contributed by atoms with Gasteiger partial charge in [0.25, 0.3) is 0 Å². The van der Waals surface area contributed by atoms with Crippen LogP contribution in [0.4, 0.5) is 0 Å². The van der Waals surface area contributed by atoms with Gasteiger partial charge in [-0.25, -0.2) is 0 Å². The first-order valence-corrected chi connectivity index (χ1v) is 7.26. The van der Waals surface area contributed by atoms with Crippen LogP contribution in [0.2, 0.25) is 0 Å². The number of hydrogen-bond acceptors (Lipinski definition) is 5. The van der Waals surface area contributed by atoms with Gasteiger partial charge in [-0.3, -0.25) is 24.2 Å². The van der Waals surface area contributed by atoms with E-state index in [1.807, 2.05) is 31.5 Å². The Labute approximate surface area is 125 Å². The van der Waals surface area contributed by atoms with E-state index in [4.69, 9.17) is 0 Å². The maximum absolute atomic E-state index is 12.2. The third-order valence-electron chi connectivity index (χ3n) is 3.36. The van der Waals surface area contributed by atoms with Crippen LogP contribution in [0.15, 0.2) is 20.8 Å². The first kappa shape index (κ1) is 15.3. The molecule has 0 spiro atoms. The van der Waals surface area contributed by atoms with E-state index in [2.05, 4.69) is 10.1 Å². The second kappa shape index (κ2) is 5.72. The maximum atomic E-state index is 12.2. The standard InChI is InChI=1S/C13H16N4O3S/c1-7-5-9(8(2)16(7)3)10(18)6-21-13-14-11(19)12(20)15-17(13)4/h5H,6H2,1-4H3,(H,15,20). The van der Waals surface area contributed by atoms with Crippen LogP contribution in [-0.2, 0) is 14.1 Å². The number of thioether (sulfide) groups is 1. The summed E-state index contributed by atoms with van der Waals surface area (Å²) in [5, 5.41) is 2.65. The summed E-state index contributed by atoms with van der Waals surface area (Å²) in [5.74, 6) is 0.109. The summed E-state index contributed by atoms with van der Waals surface area (Å²) in [5.41, 5.74) is 0.950. The lowest BCUT2D eigenvalue weighted by Crippen LogP contribution is -2.34. The summed E-state index contributed by atoms with van der Waals surface area (Å²) in [4.78, 5) is 38.2. The first-order chi connectivity index (χ1) is 9.81. The number of carbonyl (C=O) groups excluding carboxylic acids is 1. The highest BCUT2D eigenvalue weighted by Crippen LogP contribution is 2.18. The molecule has 2 rings (SSSR count). The molecular formula is C13H16N4O3S. The minimum Gasteiger partial charge on any atom is -0.351 e. The fourth-order valence-corrected chi connectivity index (χ4v) is 2.74. The number of nitrogens with one attached hydrogen (secondary N) is 1. The summed E-state index contributed by atoms with van der Waals surface area (Å²) in [7, 11) is 3.47. The van der Waals surface area contributed by atoms with E-state index >= 15 is 0 Å². The van der Waals surface area contributed by atoms with E-state index in [-0.39, 0.29) is 11.5 Å². The molecule has 112 valence electrons. The highest BCUT2D eigenvalue weighted by atomic mass is 32.2. The average molecular weight is 308 g/mol. The van der Waals surface area contributed by atoms with Crippen molar-refractivity contribution in [3.63, 3.8) is 0 Å². The second-order valence-electron chi connectivity index (χ2n) is 4.76. The van der Waals surface area contributed by atoms with Gasteiger partial charge in [-0.2, -0.15) is 4.98 Å². The predicted molar refractivity (Wildman–Crippen MR) is 80.0 cm³/mol. The van der Waals surface area contributed by atoms with Gasteiger partial charge in [0.15, 0.2) is 10.9 Å². The summed E-state index contributed by atoms with van der Waals surface area (Å²) < 4.78 is 3.29. The van der Waals surface area contributed by atoms with E-state index in [0.29, 0.717) is 10.7 Å². The van der Waals surface area contributed by atoms with Crippen molar-refractivity contribution in [3.8, 4) is 0 Å². The Balaban J connectivity index is 2.18. The van der Waals surface area contributed by atoms with Crippen LogP contribution in [0.25, 0.3) is 0 Å². The number of aromatic nitrogens is 4. The number of aromatic amines is 1. The normalized spacial score (nSPS) is 10.9. The first-order valence-electron chi connectivity index (χ1n) is 6.27. The number of hydrogen-bond donors (Lipinski definition) is 1. The molecule has 8 heteroatoms. The van der Waals surface area contributed by atoms with Gasteiger partial charge in [0, 0.05) is 31.0 Å². The molecule has 0 aliphatic rings. The SMILES string of the molecule is Cc1cc(C(=O)CSc2nc(=O)c(=O)[nH]n2C)c(C)n1C. The van der Waals surface area contributed by atoms with E-state index in [0.717, 1.165) is 23.1 Å². The van der Waals surface area contributed by atoms with E-state index in [1.54, 1.807) is 7.05 Å². The zero-order chi connectivity index (χ0) is 15.7. The monoisotopic (exact) mass is 308 g/mol. The summed E-state index contributed by atoms with van der Waals surface area (Å²) in [6.45, 7) is 3.82. The number of ketones is 1. The Bertz CT molecular complexity index is 816. The van der Waals surface area contributed by atoms with Crippen molar-refractivity contribution in [2.75, 3.05) is 5.75 Å². The molecular weight excluding hydrogens is 292 g/mol. The van der Waals surface area contributed by atoms with Crippen LogP contribution in [-0.4, -0.2) is 30.9 Å². The molecule has 1 N–H and O–H groups in total. The number of carbonyl (C=O) groups is 1. The summed E-state index contributed by atoms with van der Waals surface area (Å²) >= 11 is 1.12. The molecule has 0 saturated heterocycles. The minimum absolute atomic E-state index is 0.0401. The lowest BCUT2D eigenvalue weighted by molar-refractivity contribution is 0.102. The van der Waals surface area contributed by atoms with Crippen LogP contribution >= 0.6 is 11.8 Å². The van der Waals surface area contributed by atoms with Crippen LogP contribution in [0.3, 0.4) is 0 Å². The highest BCUT2D eigenvalue weighted by molar-refractivity contribution is 7.99. The largest absolute Gasteiger partial charge is 0.351 e. The molecule has 0 amide bonds. The molecule has 21 heavy (non-hydrogen) atoms. The molecule has 0 aromatic carbocycles. The fourth-order valence-electron chi connectivity index (χ4n) is 1.94. The van der Waals surface area contributed by atoms with Crippen molar-refractivity contribution in [3.05, 3.63) is 43.7 Å². The Hall–Kier alpha value is -2.09. The van der Waals surface area contributed by atoms with E-state index < -0.39 is 11.1 Å². The number of H-pyrrole nitrogens is 1. The van der Waals surface area contributed by atoms with E-state index in [9.17, 15) is 14.4 Å². The maximum Gasteiger partial charge on any atom is 0.339 e. The molecule has 0 saturated carbocycles. The van der Waals surface area contributed by atoms with Crippen LogP contribution in [0.1, 0.15) is 21.7 Å². The lowest BCUT2D eigenvalue weighted by Gasteiger charge is -2.05. The molecule has 0 radical (unpaired) electrons. The number of rotatable bonds is 4. The van der Waals surface area contributed by atoms with Crippen molar-refractivity contribution < 1.29 is 4.79 Å². The Morgan fingerprint density at radius 1 is 1.33 bits per heavy atom. The van der Waals surface area contributed by atoms with Gasteiger partial charge in [-0.05, 0) is 19.9 Å². The van der Waals surface area contributed by atoms with Crippen molar-refractivity contribution in [2.24, 2.45) is 14.1 Å².